The van der Waals surface area contributed by atoms with Gasteiger partial charge in [-0.25, -0.2) is 13.7 Å². The average Bonchev–Trinajstić information content (AvgIpc) is 3.17. The smallest absolute Gasteiger partial charge is 0.390 e. The first-order chi connectivity index (χ1) is 18.1. The zero-order valence-corrected chi connectivity index (χ0v) is 22.8. The van der Waals surface area contributed by atoms with Crippen LogP contribution in [0.5, 0.6) is 0 Å². The first-order valence-electron chi connectivity index (χ1n) is 11.0. The number of benzene rings is 1. The molecule has 216 valence electrons. The monoisotopic (exact) mass is 612 g/mol. The van der Waals surface area contributed by atoms with E-state index in [1.54, 1.807) is 6.08 Å². The Kier molecular flexibility index (Phi) is 10.6. The number of hydrogen-bond acceptors (Lipinski definition) is 11. The fraction of sp³-hybridized carbons (Fsp3) is 0.350. The molecule has 3 rings (SSSR count). The van der Waals surface area contributed by atoms with Crippen LogP contribution in [-0.2, 0) is 41.1 Å². The molecule has 0 spiro atoms. The lowest BCUT2D eigenvalue weighted by atomic mass is 10.1. The summed E-state index contributed by atoms with van der Waals surface area (Å²) in [5, 5.41) is 12.9. The summed E-state index contributed by atoms with van der Waals surface area (Å²) in [6.07, 6.45) is 1.58. The molecule has 1 aromatic rings. The fourth-order valence-electron chi connectivity index (χ4n) is 3.43. The number of carbonyl (C=O) groups is 1. The van der Waals surface area contributed by atoms with Crippen LogP contribution in [0.3, 0.4) is 0 Å². The molecule has 0 aromatic heterocycles. The number of carbonyl (C=O) groups excluding carboxylic acids is 1. The molecule has 0 saturated carbocycles. The molecular weight excluding hydrogens is 585 g/mol. The molecule has 1 fully saturated rings. The number of aliphatic hydroxyl groups excluding tert-OH is 1. The third-order valence-electron chi connectivity index (χ3n) is 5.07. The van der Waals surface area contributed by atoms with Crippen LogP contribution in [0.25, 0.3) is 6.08 Å². The molecular formula is C20H27N2O14P3. The zero-order chi connectivity index (χ0) is 28.8. The molecule has 2 aliphatic rings. The summed E-state index contributed by atoms with van der Waals surface area (Å²) in [5.74, 6) is -0.329. The zero-order valence-electron chi connectivity index (χ0n) is 20.1. The van der Waals surface area contributed by atoms with E-state index in [0.29, 0.717) is 0 Å². The summed E-state index contributed by atoms with van der Waals surface area (Å²) in [6, 6.07) is 9.53. The molecule has 0 bridgehead atoms. The molecule has 1 amide bonds. The van der Waals surface area contributed by atoms with E-state index in [-0.39, 0.29) is 31.0 Å². The third kappa shape index (κ3) is 10.2. The third-order valence-corrected chi connectivity index (χ3v) is 8.87. The molecule has 2 unspecified atom stereocenters. The van der Waals surface area contributed by atoms with Gasteiger partial charge < -0.3 is 44.4 Å². The maximum absolute atomic E-state index is 12.3. The van der Waals surface area contributed by atoms with E-state index in [0.717, 1.165) is 5.56 Å². The topological polar surface area (TPSA) is 231 Å². The predicted octanol–water partition coefficient (Wildman–Crippen LogP) is 1.32. The molecule has 0 radical (unpaired) electrons. The van der Waals surface area contributed by atoms with Crippen LogP contribution in [0.15, 0.2) is 60.6 Å². The van der Waals surface area contributed by atoms with Crippen molar-refractivity contribution in [1.82, 2.24) is 10.2 Å². The van der Waals surface area contributed by atoms with Gasteiger partial charge in [0.25, 0.3) is 5.91 Å². The number of hydrogen-bond donors (Lipinski definition) is 6. The number of nitrogens with zero attached hydrogens (tertiary/aromatic N) is 1. The summed E-state index contributed by atoms with van der Waals surface area (Å²) in [4.78, 5) is 49.7. The van der Waals surface area contributed by atoms with Crippen LogP contribution in [0.4, 0.5) is 0 Å². The minimum atomic E-state index is -5.69. The minimum absolute atomic E-state index is 0.0561. The summed E-state index contributed by atoms with van der Waals surface area (Å²) in [6.45, 7) is 3.07. The van der Waals surface area contributed by atoms with E-state index in [4.69, 9.17) is 19.3 Å². The van der Waals surface area contributed by atoms with E-state index >= 15 is 0 Å². The Labute approximate surface area is 222 Å². The number of amides is 1. The van der Waals surface area contributed by atoms with Crippen LogP contribution >= 0.6 is 23.5 Å². The first kappa shape index (κ1) is 31.5. The fourth-order valence-corrected chi connectivity index (χ4v) is 6.46. The highest BCUT2D eigenvalue weighted by Crippen LogP contribution is 2.66. The van der Waals surface area contributed by atoms with Gasteiger partial charge in [-0.2, -0.15) is 8.62 Å². The van der Waals surface area contributed by atoms with Gasteiger partial charge in [0.05, 0.1) is 31.5 Å². The molecule has 1 saturated heterocycles. The van der Waals surface area contributed by atoms with E-state index in [1.165, 1.54) is 11.1 Å². The first-order valence-corrected chi connectivity index (χ1v) is 15.6. The summed E-state index contributed by atoms with van der Waals surface area (Å²) >= 11 is 0. The molecule has 6 N–H and O–H groups in total. The standard InChI is InChI=1S/C20H27N2O14P3/c1-14-21-20(24)16(12-32-9-5-8-15-6-3-2-4-7-15)11-22(14)19-10-17(23)18(34-19)13-33-38(28,29)36-39(30,31)35-37(25,26)27/h2-8,11,17-19,23H,1,9-10,12-13H2,(H,21,24)(H,28,29)(H,30,31)(H2,25,26,27)/b8-5+/t17-,18-,19-/m1/s1. The van der Waals surface area contributed by atoms with Crippen molar-refractivity contribution in [1.29, 1.82) is 0 Å². The van der Waals surface area contributed by atoms with Crippen LogP contribution in [-0.4, -0.2) is 73.7 Å². The van der Waals surface area contributed by atoms with E-state index in [1.807, 2.05) is 36.4 Å². The van der Waals surface area contributed by atoms with Gasteiger partial charge in [0, 0.05) is 12.6 Å². The Morgan fingerprint density at radius 3 is 2.46 bits per heavy atom. The summed E-state index contributed by atoms with van der Waals surface area (Å²) in [7, 11) is -16.6. The van der Waals surface area contributed by atoms with E-state index in [9.17, 15) is 33.4 Å². The normalized spacial score (nSPS) is 25.3. The summed E-state index contributed by atoms with van der Waals surface area (Å²) in [5.41, 5.74) is 1.21. The minimum Gasteiger partial charge on any atom is -0.390 e. The van der Waals surface area contributed by atoms with Gasteiger partial charge in [0.1, 0.15) is 18.2 Å². The number of ether oxygens (including phenoxy) is 2. The molecule has 16 nitrogen and oxygen atoms in total. The second-order valence-corrected chi connectivity index (χ2v) is 12.5. The van der Waals surface area contributed by atoms with Crippen molar-refractivity contribution in [3.63, 3.8) is 0 Å². The maximum atomic E-state index is 12.3. The summed E-state index contributed by atoms with van der Waals surface area (Å²) < 4.78 is 57.0. The molecule has 5 atom stereocenters. The van der Waals surface area contributed by atoms with Gasteiger partial charge in [0.2, 0.25) is 0 Å². The Balaban J connectivity index is 1.55. The predicted molar refractivity (Wildman–Crippen MR) is 133 cm³/mol. The van der Waals surface area contributed by atoms with Crippen molar-refractivity contribution in [2.75, 3.05) is 19.8 Å². The van der Waals surface area contributed by atoms with E-state index < -0.39 is 54.4 Å². The maximum Gasteiger partial charge on any atom is 0.490 e. The molecule has 2 aliphatic heterocycles. The molecule has 1 aromatic carbocycles. The highest BCUT2D eigenvalue weighted by atomic mass is 31.3. The lowest BCUT2D eigenvalue weighted by molar-refractivity contribution is -0.119. The molecule has 0 aliphatic carbocycles. The number of aliphatic hydroxyl groups is 1. The second kappa shape index (κ2) is 13.1. The van der Waals surface area contributed by atoms with Gasteiger partial charge >= 0.3 is 23.5 Å². The van der Waals surface area contributed by atoms with Gasteiger partial charge in [-0.15, -0.1) is 0 Å². The van der Waals surface area contributed by atoms with Gasteiger partial charge in [-0.1, -0.05) is 49.1 Å². The van der Waals surface area contributed by atoms with Gasteiger partial charge in [-0.3, -0.25) is 9.32 Å². The van der Waals surface area contributed by atoms with Crippen molar-refractivity contribution >= 4 is 35.5 Å². The molecule has 19 heteroatoms. The van der Waals surface area contributed by atoms with Crippen LogP contribution in [0, 0.1) is 0 Å². The van der Waals surface area contributed by atoms with Crippen molar-refractivity contribution < 1.29 is 65.8 Å². The van der Waals surface area contributed by atoms with Crippen LogP contribution in [0.2, 0.25) is 0 Å². The average molecular weight is 612 g/mol. The largest absolute Gasteiger partial charge is 0.490 e. The quantitative estimate of drug-likeness (QED) is 0.136. The number of phosphoric ester groups is 1. The Bertz CT molecular complexity index is 1250. The second-order valence-electron chi connectivity index (χ2n) is 8.11. The highest BCUT2D eigenvalue weighted by molar-refractivity contribution is 7.66. The van der Waals surface area contributed by atoms with Crippen molar-refractivity contribution in [2.45, 2.75) is 24.9 Å². The Morgan fingerprint density at radius 2 is 1.79 bits per heavy atom. The highest BCUT2D eigenvalue weighted by Gasteiger charge is 2.43. The molecule has 39 heavy (non-hydrogen) atoms. The van der Waals surface area contributed by atoms with Crippen molar-refractivity contribution in [3.05, 3.63) is 66.1 Å². The Morgan fingerprint density at radius 1 is 1.10 bits per heavy atom. The number of nitrogens with one attached hydrogen (secondary N) is 1. The van der Waals surface area contributed by atoms with E-state index in [2.05, 4.69) is 25.0 Å². The molecule has 2 heterocycles. The Hall–Kier alpha value is -2.00. The van der Waals surface area contributed by atoms with Gasteiger partial charge in [-0.05, 0) is 5.56 Å². The van der Waals surface area contributed by atoms with Crippen LogP contribution in [0.1, 0.15) is 12.0 Å². The van der Waals surface area contributed by atoms with Crippen LogP contribution < -0.4 is 5.32 Å². The number of phosphoric acid groups is 3. The van der Waals surface area contributed by atoms with Gasteiger partial charge in [0.15, 0.2) is 0 Å². The van der Waals surface area contributed by atoms with Crippen molar-refractivity contribution in [3.8, 4) is 0 Å². The lowest BCUT2D eigenvalue weighted by Gasteiger charge is -2.33. The van der Waals surface area contributed by atoms with Crippen molar-refractivity contribution in [2.24, 2.45) is 0 Å². The lowest BCUT2D eigenvalue weighted by Crippen LogP contribution is -2.44. The SMILES string of the molecule is C=C1NC(=O)C(COC/C=C/c2ccccc2)=CN1[C@H]1C[C@@H](O)[C@@H](COP(=O)(O)OP(=O)(O)OP(=O)(O)O)O1. The number of rotatable bonds is 13.